The van der Waals surface area contributed by atoms with E-state index in [1.54, 1.807) is 0 Å². The van der Waals surface area contributed by atoms with Gasteiger partial charge in [-0.15, -0.1) is 0 Å². The van der Waals surface area contributed by atoms with Gasteiger partial charge in [-0.05, 0) is 68.1 Å². The molecule has 2 N–H and O–H groups in total. The molecule has 1 saturated carbocycles. The first kappa shape index (κ1) is 15.4. The van der Waals surface area contributed by atoms with Gasteiger partial charge >= 0.3 is 0 Å². The van der Waals surface area contributed by atoms with Gasteiger partial charge in [0, 0.05) is 17.8 Å². The lowest BCUT2D eigenvalue weighted by Crippen LogP contribution is -2.32. The summed E-state index contributed by atoms with van der Waals surface area (Å²) >= 11 is 0. The molecule has 2 aliphatic carbocycles. The third kappa shape index (κ3) is 3.07. The maximum Gasteiger partial charge on any atom is 0.272 e. The maximum atomic E-state index is 13.0. The number of carbonyl (C=O) groups is 1. The molecule has 5 heteroatoms. The SMILES string of the molecule is O=C(NCC1(Cc2ccc(F)cc2)CC1)c1n[nH]c2c1CCCC2. The largest absolute Gasteiger partial charge is 0.350 e. The van der Waals surface area contributed by atoms with Gasteiger partial charge in [-0.25, -0.2) is 4.39 Å². The third-order valence-corrected chi connectivity index (χ3v) is 5.34. The number of amides is 1. The van der Waals surface area contributed by atoms with Crippen LogP contribution < -0.4 is 5.32 Å². The molecule has 126 valence electrons. The number of carbonyl (C=O) groups excluding carboxylic acids is 1. The minimum Gasteiger partial charge on any atom is -0.350 e. The molecule has 0 saturated heterocycles. The average Bonchev–Trinajstić information content (AvgIpc) is 3.22. The summed E-state index contributed by atoms with van der Waals surface area (Å²) in [6.07, 6.45) is 7.30. The minimum absolute atomic E-state index is 0.0696. The molecule has 4 rings (SSSR count). The van der Waals surface area contributed by atoms with Crippen molar-refractivity contribution in [2.45, 2.75) is 44.9 Å². The zero-order valence-corrected chi connectivity index (χ0v) is 13.7. The van der Waals surface area contributed by atoms with Crippen LogP contribution in [0.25, 0.3) is 0 Å². The molecule has 1 aromatic heterocycles. The normalized spacial score (nSPS) is 18.0. The van der Waals surface area contributed by atoms with E-state index in [0.717, 1.165) is 61.8 Å². The predicted octanol–water partition coefficient (Wildman–Crippen LogP) is 3.18. The predicted molar refractivity (Wildman–Crippen MR) is 89.3 cm³/mol. The van der Waals surface area contributed by atoms with Crippen molar-refractivity contribution in [1.82, 2.24) is 15.5 Å². The van der Waals surface area contributed by atoms with Crippen molar-refractivity contribution >= 4 is 5.91 Å². The van der Waals surface area contributed by atoms with Gasteiger partial charge in [0.05, 0.1) is 0 Å². The third-order valence-electron chi connectivity index (χ3n) is 5.34. The number of aromatic amines is 1. The Morgan fingerprint density at radius 3 is 2.71 bits per heavy atom. The number of nitrogens with one attached hydrogen (secondary N) is 2. The van der Waals surface area contributed by atoms with Crippen LogP contribution in [-0.4, -0.2) is 22.6 Å². The van der Waals surface area contributed by atoms with E-state index in [0.29, 0.717) is 12.2 Å². The maximum absolute atomic E-state index is 13.0. The van der Waals surface area contributed by atoms with Crippen LogP contribution in [0.4, 0.5) is 4.39 Å². The molecule has 0 aliphatic heterocycles. The highest BCUT2D eigenvalue weighted by atomic mass is 19.1. The van der Waals surface area contributed by atoms with Crippen LogP contribution in [0.1, 0.15) is 53.0 Å². The highest BCUT2D eigenvalue weighted by Crippen LogP contribution is 2.47. The van der Waals surface area contributed by atoms with Crippen LogP contribution in [0.15, 0.2) is 24.3 Å². The van der Waals surface area contributed by atoms with Gasteiger partial charge < -0.3 is 5.32 Å². The quantitative estimate of drug-likeness (QED) is 0.886. The molecule has 1 amide bonds. The number of hydrogen-bond donors (Lipinski definition) is 2. The van der Waals surface area contributed by atoms with Crippen molar-refractivity contribution < 1.29 is 9.18 Å². The average molecular weight is 327 g/mol. The Labute approximate surface area is 140 Å². The van der Waals surface area contributed by atoms with Crippen LogP contribution >= 0.6 is 0 Å². The molecule has 0 atom stereocenters. The van der Waals surface area contributed by atoms with Gasteiger partial charge in [0.1, 0.15) is 5.82 Å². The standard InChI is InChI=1S/C19H22FN3O/c20-14-7-5-13(6-8-14)11-19(9-10-19)12-21-18(24)17-15-3-1-2-4-16(15)22-23-17/h5-8H,1-4,9-12H2,(H,21,24)(H,22,23). The molecule has 24 heavy (non-hydrogen) atoms. The van der Waals surface area contributed by atoms with Gasteiger partial charge in [0.15, 0.2) is 5.69 Å². The van der Waals surface area contributed by atoms with Gasteiger partial charge in [-0.3, -0.25) is 9.89 Å². The Bertz CT molecular complexity index is 746. The van der Waals surface area contributed by atoms with Crippen LogP contribution in [0, 0.1) is 11.2 Å². The lowest BCUT2D eigenvalue weighted by atomic mass is 9.95. The van der Waals surface area contributed by atoms with E-state index in [2.05, 4.69) is 15.5 Å². The Balaban J connectivity index is 1.38. The number of H-pyrrole nitrogens is 1. The van der Waals surface area contributed by atoms with Crippen LogP contribution in [0.3, 0.4) is 0 Å². The lowest BCUT2D eigenvalue weighted by molar-refractivity contribution is 0.0938. The van der Waals surface area contributed by atoms with E-state index in [1.807, 2.05) is 12.1 Å². The fraction of sp³-hybridized carbons (Fsp3) is 0.474. The molecule has 4 nitrogen and oxygen atoms in total. The molecule has 1 heterocycles. The number of halogens is 1. The lowest BCUT2D eigenvalue weighted by Gasteiger charge is -2.16. The number of hydrogen-bond acceptors (Lipinski definition) is 2. The minimum atomic E-state index is -0.208. The zero-order chi connectivity index (χ0) is 16.6. The van der Waals surface area contributed by atoms with Crippen molar-refractivity contribution in [2.24, 2.45) is 5.41 Å². The Morgan fingerprint density at radius 2 is 1.96 bits per heavy atom. The van der Waals surface area contributed by atoms with Crippen molar-refractivity contribution in [3.63, 3.8) is 0 Å². The molecule has 2 aliphatic rings. The Morgan fingerprint density at radius 1 is 1.21 bits per heavy atom. The number of rotatable bonds is 5. The number of fused-ring (bicyclic) bond motifs is 1. The summed E-state index contributed by atoms with van der Waals surface area (Å²) < 4.78 is 13.0. The van der Waals surface area contributed by atoms with E-state index in [9.17, 15) is 9.18 Å². The van der Waals surface area contributed by atoms with Crippen molar-refractivity contribution in [2.75, 3.05) is 6.54 Å². The molecule has 0 unspecified atom stereocenters. The monoisotopic (exact) mass is 327 g/mol. The van der Waals surface area contributed by atoms with Gasteiger partial charge in [0.2, 0.25) is 0 Å². The van der Waals surface area contributed by atoms with Crippen LogP contribution in [0.2, 0.25) is 0 Å². The van der Waals surface area contributed by atoms with E-state index >= 15 is 0 Å². The van der Waals surface area contributed by atoms with Crippen LogP contribution in [0.5, 0.6) is 0 Å². The summed E-state index contributed by atoms with van der Waals surface area (Å²) in [5.41, 5.74) is 4.05. The first-order valence-corrected chi connectivity index (χ1v) is 8.74. The second-order valence-corrected chi connectivity index (χ2v) is 7.22. The zero-order valence-electron chi connectivity index (χ0n) is 13.7. The first-order chi connectivity index (χ1) is 11.7. The second-order valence-electron chi connectivity index (χ2n) is 7.22. The number of benzene rings is 1. The van der Waals surface area contributed by atoms with E-state index in [-0.39, 0.29) is 17.1 Å². The molecule has 0 bridgehead atoms. The first-order valence-electron chi connectivity index (χ1n) is 8.74. The van der Waals surface area contributed by atoms with E-state index in [4.69, 9.17) is 0 Å². The van der Waals surface area contributed by atoms with Gasteiger partial charge in [0.25, 0.3) is 5.91 Å². The summed E-state index contributed by atoms with van der Waals surface area (Å²) in [5, 5.41) is 10.3. The summed E-state index contributed by atoms with van der Waals surface area (Å²) in [6, 6.07) is 6.67. The molecule has 2 aromatic rings. The molecular formula is C19H22FN3O. The smallest absolute Gasteiger partial charge is 0.272 e. The number of nitrogens with zero attached hydrogens (tertiary/aromatic N) is 1. The summed E-state index contributed by atoms with van der Waals surface area (Å²) in [7, 11) is 0. The van der Waals surface area contributed by atoms with Gasteiger partial charge in [-0.1, -0.05) is 12.1 Å². The van der Waals surface area contributed by atoms with Crippen LogP contribution in [-0.2, 0) is 19.3 Å². The summed E-state index contributed by atoms with van der Waals surface area (Å²) in [6.45, 7) is 0.658. The topological polar surface area (TPSA) is 57.8 Å². The molecule has 0 radical (unpaired) electrons. The highest BCUT2D eigenvalue weighted by Gasteiger charge is 2.42. The number of aromatic nitrogens is 2. The number of aryl methyl sites for hydroxylation is 1. The van der Waals surface area contributed by atoms with Gasteiger partial charge in [-0.2, -0.15) is 5.10 Å². The fourth-order valence-corrected chi connectivity index (χ4v) is 3.65. The van der Waals surface area contributed by atoms with Crippen molar-refractivity contribution in [1.29, 1.82) is 0 Å². The van der Waals surface area contributed by atoms with E-state index < -0.39 is 0 Å². The van der Waals surface area contributed by atoms with E-state index in [1.165, 1.54) is 12.1 Å². The summed E-state index contributed by atoms with van der Waals surface area (Å²) in [5.74, 6) is -0.278. The molecule has 1 fully saturated rings. The second kappa shape index (κ2) is 6.04. The Hall–Kier alpha value is -2.17. The Kier molecular flexibility index (Phi) is 3.87. The highest BCUT2D eigenvalue weighted by molar-refractivity contribution is 5.94. The van der Waals surface area contributed by atoms with Crippen molar-refractivity contribution in [3.8, 4) is 0 Å². The van der Waals surface area contributed by atoms with Crippen molar-refractivity contribution in [3.05, 3.63) is 52.6 Å². The molecular weight excluding hydrogens is 305 g/mol. The summed E-state index contributed by atoms with van der Waals surface area (Å²) in [4.78, 5) is 12.5. The molecule has 0 spiro atoms. The molecule has 1 aromatic carbocycles. The fourth-order valence-electron chi connectivity index (χ4n) is 3.65.